The lowest BCUT2D eigenvalue weighted by molar-refractivity contribution is 0.522. The van der Waals surface area contributed by atoms with E-state index in [9.17, 15) is 4.39 Å². The maximum Gasteiger partial charge on any atom is 0.123 e. The van der Waals surface area contributed by atoms with Crippen LogP contribution < -0.4 is 0 Å². The molecular formula is C17H18FN. The summed E-state index contributed by atoms with van der Waals surface area (Å²) in [6.45, 7) is 4.16. The second-order valence-corrected chi connectivity index (χ2v) is 5.28. The topological polar surface area (TPSA) is 12.4 Å². The minimum Gasteiger partial charge on any atom is -0.286 e. The zero-order chi connectivity index (χ0) is 13.7. The summed E-state index contributed by atoms with van der Waals surface area (Å²) >= 11 is 0. The van der Waals surface area contributed by atoms with Crippen molar-refractivity contribution < 1.29 is 4.39 Å². The van der Waals surface area contributed by atoms with Crippen LogP contribution in [0.1, 0.15) is 25.0 Å². The summed E-state index contributed by atoms with van der Waals surface area (Å²) in [5.41, 5.74) is 1.99. The molecule has 0 aliphatic carbocycles. The summed E-state index contributed by atoms with van der Waals surface area (Å²) < 4.78 is 12.9. The van der Waals surface area contributed by atoms with E-state index in [1.165, 1.54) is 12.1 Å². The predicted molar refractivity (Wildman–Crippen MR) is 78.2 cm³/mol. The van der Waals surface area contributed by atoms with Gasteiger partial charge in [0.25, 0.3) is 0 Å². The highest BCUT2D eigenvalue weighted by atomic mass is 19.1. The number of aliphatic imine (C=N–C) groups is 1. The van der Waals surface area contributed by atoms with Crippen LogP contribution in [0.25, 0.3) is 0 Å². The zero-order valence-corrected chi connectivity index (χ0v) is 11.3. The van der Waals surface area contributed by atoms with Gasteiger partial charge in [-0.2, -0.15) is 0 Å². The van der Waals surface area contributed by atoms with Crippen molar-refractivity contribution in [1.82, 2.24) is 0 Å². The van der Waals surface area contributed by atoms with Crippen LogP contribution in [0.5, 0.6) is 0 Å². The van der Waals surface area contributed by atoms with Crippen molar-refractivity contribution in [3.63, 3.8) is 0 Å². The van der Waals surface area contributed by atoms with E-state index in [2.05, 4.69) is 18.8 Å². The third-order valence-electron chi connectivity index (χ3n) is 2.91. The van der Waals surface area contributed by atoms with Crippen LogP contribution in [-0.2, 0) is 6.42 Å². The number of nitrogens with zero attached hydrogens (tertiary/aromatic N) is 1. The van der Waals surface area contributed by atoms with E-state index in [-0.39, 0.29) is 11.4 Å². The van der Waals surface area contributed by atoms with Gasteiger partial charge in [0.2, 0.25) is 0 Å². The predicted octanol–water partition coefficient (Wildman–Crippen LogP) is 4.27. The lowest BCUT2D eigenvalue weighted by atomic mass is 9.95. The van der Waals surface area contributed by atoms with Gasteiger partial charge in [0, 0.05) is 6.21 Å². The van der Waals surface area contributed by atoms with E-state index < -0.39 is 0 Å². The summed E-state index contributed by atoms with van der Waals surface area (Å²) in [7, 11) is 0. The van der Waals surface area contributed by atoms with Crippen LogP contribution in [0.15, 0.2) is 59.6 Å². The van der Waals surface area contributed by atoms with Crippen molar-refractivity contribution in [2.24, 2.45) is 4.99 Å². The SMILES string of the molecule is CC(C)(Cc1ccc(F)cc1)N=Cc1ccccc1. The van der Waals surface area contributed by atoms with Crippen LogP contribution in [0.4, 0.5) is 4.39 Å². The molecule has 0 aliphatic rings. The Hall–Kier alpha value is -1.96. The molecule has 2 heteroatoms. The first-order valence-corrected chi connectivity index (χ1v) is 6.40. The van der Waals surface area contributed by atoms with Crippen molar-refractivity contribution in [2.75, 3.05) is 0 Å². The van der Waals surface area contributed by atoms with Crippen LogP contribution >= 0.6 is 0 Å². The van der Waals surface area contributed by atoms with Crippen molar-refractivity contribution >= 4 is 6.21 Å². The largest absolute Gasteiger partial charge is 0.286 e. The monoisotopic (exact) mass is 255 g/mol. The lowest BCUT2D eigenvalue weighted by Crippen LogP contribution is -2.20. The molecule has 0 saturated heterocycles. The number of benzene rings is 2. The smallest absolute Gasteiger partial charge is 0.123 e. The molecule has 0 spiro atoms. The highest BCUT2D eigenvalue weighted by molar-refractivity contribution is 5.79. The quantitative estimate of drug-likeness (QED) is 0.724. The Kier molecular flexibility index (Phi) is 4.10. The molecule has 2 rings (SSSR count). The normalized spacial score (nSPS) is 11.9. The molecule has 0 amide bonds. The minimum absolute atomic E-state index is 0.200. The first-order chi connectivity index (χ1) is 9.05. The second kappa shape index (κ2) is 5.79. The molecule has 0 atom stereocenters. The Morgan fingerprint density at radius 1 is 1.00 bits per heavy atom. The van der Waals surface area contributed by atoms with Crippen molar-refractivity contribution in [3.8, 4) is 0 Å². The molecule has 0 aromatic heterocycles. The summed E-state index contributed by atoms with van der Waals surface area (Å²) in [5, 5.41) is 0. The zero-order valence-electron chi connectivity index (χ0n) is 11.3. The molecule has 1 nitrogen and oxygen atoms in total. The molecule has 0 bridgehead atoms. The molecule has 98 valence electrons. The summed E-state index contributed by atoms with van der Waals surface area (Å²) in [4.78, 5) is 4.63. The number of rotatable bonds is 4. The van der Waals surface area contributed by atoms with Gasteiger partial charge in [-0.15, -0.1) is 0 Å². The molecule has 0 N–H and O–H groups in total. The molecule has 0 radical (unpaired) electrons. The van der Waals surface area contributed by atoms with Gasteiger partial charge in [0.05, 0.1) is 5.54 Å². The number of halogens is 1. The average molecular weight is 255 g/mol. The first-order valence-electron chi connectivity index (χ1n) is 6.40. The van der Waals surface area contributed by atoms with Gasteiger partial charge in [-0.25, -0.2) is 4.39 Å². The van der Waals surface area contributed by atoms with Gasteiger partial charge < -0.3 is 0 Å². The first kappa shape index (κ1) is 13.5. The van der Waals surface area contributed by atoms with Crippen LogP contribution in [-0.4, -0.2) is 11.8 Å². The van der Waals surface area contributed by atoms with Gasteiger partial charge in [-0.05, 0) is 43.5 Å². The fourth-order valence-electron chi connectivity index (χ4n) is 1.94. The highest BCUT2D eigenvalue weighted by Crippen LogP contribution is 2.17. The van der Waals surface area contributed by atoms with Crippen LogP contribution in [0, 0.1) is 5.82 Å². The van der Waals surface area contributed by atoms with Crippen molar-refractivity contribution in [1.29, 1.82) is 0 Å². The van der Waals surface area contributed by atoms with Gasteiger partial charge in [0.1, 0.15) is 5.82 Å². The molecule has 2 aromatic rings. The number of hydrogen-bond acceptors (Lipinski definition) is 1. The maximum atomic E-state index is 12.9. The van der Waals surface area contributed by atoms with Gasteiger partial charge in [0.15, 0.2) is 0 Å². The third-order valence-corrected chi connectivity index (χ3v) is 2.91. The summed E-state index contributed by atoms with van der Waals surface area (Å²) in [5.74, 6) is -0.200. The van der Waals surface area contributed by atoms with Crippen molar-refractivity contribution in [2.45, 2.75) is 25.8 Å². The fourth-order valence-corrected chi connectivity index (χ4v) is 1.94. The summed E-state index contributed by atoms with van der Waals surface area (Å²) in [6, 6.07) is 16.6. The van der Waals surface area contributed by atoms with Crippen LogP contribution in [0.3, 0.4) is 0 Å². The average Bonchev–Trinajstić information content (AvgIpc) is 2.40. The van der Waals surface area contributed by atoms with Gasteiger partial charge >= 0.3 is 0 Å². The maximum absolute atomic E-state index is 12.9. The van der Waals surface area contributed by atoms with E-state index in [1.807, 2.05) is 48.7 Å². The molecule has 0 unspecified atom stereocenters. The van der Waals surface area contributed by atoms with E-state index in [4.69, 9.17) is 0 Å². The minimum atomic E-state index is -0.201. The second-order valence-electron chi connectivity index (χ2n) is 5.28. The molecule has 0 saturated carbocycles. The number of hydrogen-bond donors (Lipinski definition) is 0. The molecular weight excluding hydrogens is 237 g/mol. The third kappa shape index (κ3) is 4.32. The van der Waals surface area contributed by atoms with Gasteiger partial charge in [-0.1, -0.05) is 42.5 Å². The van der Waals surface area contributed by atoms with E-state index in [0.29, 0.717) is 0 Å². The molecule has 0 fully saturated rings. The van der Waals surface area contributed by atoms with Crippen molar-refractivity contribution in [3.05, 3.63) is 71.5 Å². The highest BCUT2D eigenvalue weighted by Gasteiger charge is 2.15. The Bertz CT molecular complexity index is 541. The Morgan fingerprint density at radius 2 is 1.63 bits per heavy atom. The standard InChI is InChI=1S/C17H18FN/c1-17(2,12-14-8-10-16(18)11-9-14)19-13-15-6-4-3-5-7-15/h3-11,13H,12H2,1-2H3. The molecule has 19 heavy (non-hydrogen) atoms. The van der Waals surface area contributed by atoms with E-state index in [1.54, 1.807) is 0 Å². The van der Waals surface area contributed by atoms with E-state index >= 15 is 0 Å². The molecule has 2 aromatic carbocycles. The Morgan fingerprint density at radius 3 is 2.26 bits per heavy atom. The van der Waals surface area contributed by atoms with Crippen LogP contribution in [0.2, 0.25) is 0 Å². The Balaban J connectivity index is 2.06. The summed E-state index contributed by atoms with van der Waals surface area (Å²) in [6.07, 6.45) is 2.68. The van der Waals surface area contributed by atoms with Gasteiger partial charge in [-0.3, -0.25) is 4.99 Å². The van der Waals surface area contributed by atoms with E-state index in [0.717, 1.165) is 17.5 Å². The molecule has 0 aliphatic heterocycles. The molecule has 0 heterocycles. The lowest BCUT2D eigenvalue weighted by Gasteiger charge is -2.19. The Labute approximate surface area is 113 Å². The fraction of sp³-hybridized carbons (Fsp3) is 0.235.